The Bertz CT molecular complexity index is 661. The van der Waals surface area contributed by atoms with Crippen LogP contribution in [0.4, 0.5) is 0 Å². The zero-order valence-electron chi connectivity index (χ0n) is 14.2. The van der Waals surface area contributed by atoms with Crippen molar-refractivity contribution in [3.05, 3.63) is 36.3 Å². The highest BCUT2D eigenvalue weighted by molar-refractivity contribution is 5.86. The molecule has 0 aliphatic rings. The first-order chi connectivity index (χ1) is 11.6. The van der Waals surface area contributed by atoms with Gasteiger partial charge < -0.3 is 20.0 Å². The number of aryl methyl sites for hydroxylation is 1. The van der Waals surface area contributed by atoms with Crippen molar-refractivity contribution >= 4 is 11.9 Å². The molecule has 0 bridgehead atoms. The van der Waals surface area contributed by atoms with Crippen LogP contribution in [0, 0.1) is 0 Å². The lowest BCUT2D eigenvalue weighted by atomic mass is 10.3. The summed E-state index contributed by atoms with van der Waals surface area (Å²) in [4.78, 5) is 21.8. The van der Waals surface area contributed by atoms with E-state index in [0.717, 1.165) is 18.0 Å². The predicted molar refractivity (Wildman–Crippen MR) is 89.3 cm³/mol. The van der Waals surface area contributed by atoms with E-state index in [0.29, 0.717) is 19.0 Å². The summed E-state index contributed by atoms with van der Waals surface area (Å²) in [5.74, 6) is 2.13. The number of nitrogens with zero attached hydrogens (tertiary/aromatic N) is 5. The van der Waals surface area contributed by atoms with E-state index in [4.69, 9.17) is 4.42 Å². The number of hydrogen-bond donors (Lipinski definition) is 2. The van der Waals surface area contributed by atoms with E-state index < -0.39 is 0 Å². The highest BCUT2D eigenvalue weighted by Crippen LogP contribution is 1.99. The van der Waals surface area contributed by atoms with Crippen LogP contribution in [-0.2, 0) is 24.8 Å². The van der Waals surface area contributed by atoms with Crippen molar-refractivity contribution in [1.29, 1.82) is 0 Å². The molecule has 2 aromatic heterocycles. The number of aromatic nitrogens is 3. The molecule has 0 aliphatic heterocycles. The Morgan fingerprint density at radius 2 is 2.25 bits per heavy atom. The van der Waals surface area contributed by atoms with Gasteiger partial charge in [0.05, 0.1) is 12.8 Å². The summed E-state index contributed by atoms with van der Waals surface area (Å²) in [7, 11) is 5.24. The van der Waals surface area contributed by atoms with Crippen LogP contribution >= 0.6 is 0 Å². The standard InChI is InChI=1S/C15H23N7O2/c1-21(2)14(23)10-18-15(16-7-6-12-5-4-8-24-12)17-9-13-19-11-20-22(13)3/h4-5,8,11H,6-7,9-10H2,1-3H3,(H2,16,17,18). The molecule has 130 valence electrons. The van der Waals surface area contributed by atoms with Gasteiger partial charge in [-0.05, 0) is 12.1 Å². The van der Waals surface area contributed by atoms with Crippen molar-refractivity contribution < 1.29 is 9.21 Å². The zero-order valence-corrected chi connectivity index (χ0v) is 14.2. The molecule has 0 radical (unpaired) electrons. The minimum absolute atomic E-state index is 0.0332. The Labute approximate surface area is 140 Å². The van der Waals surface area contributed by atoms with Gasteiger partial charge in [-0.2, -0.15) is 5.10 Å². The maximum atomic E-state index is 11.7. The first kappa shape index (κ1) is 17.5. The number of aliphatic imine (C=N–C) groups is 1. The minimum Gasteiger partial charge on any atom is -0.469 e. The number of furan rings is 1. The topological polar surface area (TPSA) is 101 Å². The molecule has 0 unspecified atom stereocenters. The fourth-order valence-corrected chi connectivity index (χ4v) is 1.86. The van der Waals surface area contributed by atoms with Gasteiger partial charge in [0, 0.05) is 34.1 Å². The second-order valence-electron chi connectivity index (χ2n) is 5.36. The van der Waals surface area contributed by atoms with E-state index in [1.807, 2.05) is 19.2 Å². The smallest absolute Gasteiger partial charge is 0.241 e. The average Bonchev–Trinajstić information content (AvgIpc) is 3.20. The summed E-state index contributed by atoms with van der Waals surface area (Å²) in [5.41, 5.74) is 0. The van der Waals surface area contributed by atoms with E-state index in [1.165, 1.54) is 11.2 Å². The van der Waals surface area contributed by atoms with Crippen molar-refractivity contribution in [3.63, 3.8) is 0 Å². The van der Waals surface area contributed by atoms with Crippen molar-refractivity contribution in [2.45, 2.75) is 13.0 Å². The maximum Gasteiger partial charge on any atom is 0.241 e. The van der Waals surface area contributed by atoms with Crippen LogP contribution in [0.15, 0.2) is 34.1 Å². The number of nitrogens with one attached hydrogen (secondary N) is 2. The lowest BCUT2D eigenvalue weighted by molar-refractivity contribution is -0.127. The molecule has 24 heavy (non-hydrogen) atoms. The van der Waals surface area contributed by atoms with E-state index >= 15 is 0 Å². The van der Waals surface area contributed by atoms with Gasteiger partial charge in [-0.3, -0.25) is 9.48 Å². The average molecular weight is 333 g/mol. The lowest BCUT2D eigenvalue weighted by Crippen LogP contribution is -2.43. The number of hydrogen-bond acceptors (Lipinski definition) is 5. The lowest BCUT2D eigenvalue weighted by Gasteiger charge is -2.14. The molecule has 9 nitrogen and oxygen atoms in total. The van der Waals surface area contributed by atoms with Gasteiger partial charge in [-0.15, -0.1) is 0 Å². The third-order valence-corrected chi connectivity index (χ3v) is 3.33. The van der Waals surface area contributed by atoms with Crippen LogP contribution < -0.4 is 10.6 Å². The molecule has 0 aliphatic carbocycles. The highest BCUT2D eigenvalue weighted by atomic mass is 16.3. The van der Waals surface area contributed by atoms with Crippen LogP contribution in [0.2, 0.25) is 0 Å². The number of rotatable bonds is 7. The highest BCUT2D eigenvalue weighted by Gasteiger charge is 2.07. The number of guanidine groups is 1. The Balaban J connectivity index is 1.91. The molecule has 0 saturated heterocycles. The predicted octanol–water partition coefficient (Wildman–Crippen LogP) is -0.226. The largest absolute Gasteiger partial charge is 0.469 e. The van der Waals surface area contributed by atoms with Crippen molar-refractivity contribution in [2.24, 2.45) is 12.0 Å². The number of carbonyl (C=O) groups is 1. The van der Waals surface area contributed by atoms with Crippen LogP contribution in [-0.4, -0.2) is 58.7 Å². The third kappa shape index (κ3) is 5.41. The molecule has 2 aromatic rings. The van der Waals surface area contributed by atoms with Gasteiger partial charge in [0.2, 0.25) is 5.91 Å². The Morgan fingerprint density at radius 1 is 1.42 bits per heavy atom. The molecule has 9 heteroatoms. The van der Waals surface area contributed by atoms with Crippen LogP contribution in [0.25, 0.3) is 0 Å². The van der Waals surface area contributed by atoms with Gasteiger partial charge >= 0.3 is 0 Å². The summed E-state index contributed by atoms with van der Waals surface area (Å²) >= 11 is 0. The van der Waals surface area contributed by atoms with E-state index in [9.17, 15) is 4.79 Å². The first-order valence-electron chi connectivity index (χ1n) is 7.64. The SMILES string of the molecule is CN(C)C(=O)CNC(=NCc1ncnn1C)NCCc1ccco1. The van der Waals surface area contributed by atoms with Crippen molar-refractivity contribution in [2.75, 3.05) is 27.2 Å². The molecule has 0 spiro atoms. The fourth-order valence-electron chi connectivity index (χ4n) is 1.86. The molecule has 0 saturated carbocycles. The summed E-state index contributed by atoms with van der Waals surface area (Å²) in [5, 5.41) is 10.2. The molecule has 0 atom stereocenters. The minimum atomic E-state index is -0.0332. The molecular formula is C15H23N7O2. The van der Waals surface area contributed by atoms with E-state index in [1.54, 1.807) is 25.0 Å². The molecule has 2 heterocycles. The monoisotopic (exact) mass is 333 g/mol. The molecule has 0 fully saturated rings. The summed E-state index contributed by atoms with van der Waals surface area (Å²) < 4.78 is 6.96. The summed E-state index contributed by atoms with van der Waals surface area (Å²) in [6.07, 6.45) is 3.85. The second kappa shape index (κ2) is 8.70. The normalized spacial score (nSPS) is 11.4. The van der Waals surface area contributed by atoms with Crippen LogP contribution in [0.3, 0.4) is 0 Å². The Morgan fingerprint density at radius 3 is 2.88 bits per heavy atom. The zero-order chi connectivity index (χ0) is 17.4. The van der Waals surface area contributed by atoms with Crippen LogP contribution in [0.5, 0.6) is 0 Å². The fraction of sp³-hybridized carbons (Fsp3) is 0.467. The van der Waals surface area contributed by atoms with Crippen molar-refractivity contribution in [3.8, 4) is 0 Å². The van der Waals surface area contributed by atoms with Crippen molar-refractivity contribution in [1.82, 2.24) is 30.3 Å². The third-order valence-electron chi connectivity index (χ3n) is 3.33. The molecule has 0 aromatic carbocycles. The Kier molecular flexibility index (Phi) is 6.35. The first-order valence-corrected chi connectivity index (χ1v) is 7.64. The quantitative estimate of drug-likeness (QED) is 0.536. The van der Waals surface area contributed by atoms with Gasteiger partial charge in [0.1, 0.15) is 24.5 Å². The van der Waals surface area contributed by atoms with Crippen LogP contribution in [0.1, 0.15) is 11.6 Å². The Hall–Kier alpha value is -2.84. The second-order valence-corrected chi connectivity index (χ2v) is 5.36. The molecular weight excluding hydrogens is 310 g/mol. The summed E-state index contributed by atoms with van der Waals surface area (Å²) in [6.45, 7) is 1.16. The molecule has 1 amide bonds. The summed E-state index contributed by atoms with van der Waals surface area (Å²) in [6, 6.07) is 3.77. The number of amides is 1. The van der Waals surface area contributed by atoms with Gasteiger partial charge in [0.15, 0.2) is 5.96 Å². The molecule has 2 rings (SSSR count). The van der Waals surface area contributed by atoms with Gasteiger partial charge in [-0.25, -0.2) is 9.98 Å². The number of likely N-dealkylation sites (N-methyl/N-ethyl adjacent to an activating group) is 1. The van der Waals surface area contributed by atoms with Gasteiger partial charge in [0.25, 0.3) is 0 Å². The van der Waals surface area contributed by atoms with E-state index in [2.05, 4.69) is 25.7 Å². The van der Waals surface area contributed by atoms with Gasteiger partial charge in [-0.1, -0.05) is 0 Å². The number of carbonyl (C=O) groups excluding carboxylic acids is 1. The maximum absolute atomic E-state index is 11.7. The van der Waals surface area contributed by atoms with E-state index in [-0.39, 0.29) is 12.5 Å². The molecule has 2 N–H and O–H groups in total.